The summed E-state index contributed by atoms with van der Waals surface area (Å²) in [4.78, 5) is 0. The zero-order valence-corrected chi connectivity index (χ0v) is 12.0. The summed E-state index contributed by atoms with van der Waals surface area (Å²) in [5.74, 6) is 1.21. The van der Waals surface area contributed by atoms with Crippen LogP contribution in [0.4, 0.5) is 0 Å². The third-order valence-electron chi connectivity index (χ3n) is 3.14. The van der Waals surface area contributed by atoms with Crippen LogP contribution in [0.5, 0.6) is 11.5 Å². The second-order valence-corrected chi connectivity index (χ2v) is 5.32. The molecule has 0 radical (unpaired) electrons. The predicted octanol–water partition coefficient (Wildman–Crippen LogP) is 3.85. The highest BCUT2D eigenvalue weighted by Crippen LogP contribution is 2.39. The number of aliphatic hydroxyl groups is 1. The molecule has 0 spiro atoms. The molecule has 3 rings (SSSR count). The van der Waals surface area contributed by atoms with Gasteiger partial charge in [0.05, 0.1) is 5.02 Å². The van der Waals surface area contributed by atoms with E-state index in [4.69, 9.17) is 32.7 Å². The first-order chi connectivity index (χ1) is 9.65. The van der Waals surface area contributed by atoms with Gasteiger partial charge in [0.1, 0.15) is 19.3 Å². The Morgan fingerprint density at radius 3 is 2.20 bits per heavy atom. The zero-order chi connectivity index (χ0) is 14.1. The molecule has 20 heavy (non-hydrogen) atoms. The van der Waals surface area contributed by atoms with E-state index >= 15 is 0 Å². The Morgan fingerprint density at radius 1 is 0.950 bits per heavy atom. The highest BCUT2D eigenvalue weighted by atomic mass is 35.5. The van der Waals surface area contributed by atoms with Gasteiger partial charge in [-0.2, -0.15) is 0 Å². The summed E-state index contributed by atoms with van der Waals surface area (Å²) in [6, 6.07) is 10.4. The van der Waals surface area contributed by atoms with Crippen LogP contribution in [-0.2, 0) is 0 Å². The normalized spacial score (nSPS) is 14.9. The van der Waals surface area contributed by atoms with Crippen LogP contribution in [0.3, 0.4) is 0 Å². The third-order valence-corrected chi connectivity index (χ3v) is 3.72. The van der Waals surface area contributed by atoms with E-state index in [-0.39, 0.29) is 0 Å². The molecule has 0 bridgehead atoms. The smallest absolute Gasteiger partial charge is 0.162 e. The van der Waals surface area contributed by atoms with Crippen molar-refractivity contribution in [1.82, 2.24) is 0 Å². The molecule has 1 N–H and O–H groups in total. The molecule has 0 saturated carbocycles. The Kier molecular flexibility index (Phi) is 3.74. The van der Waals surface area contributed by atoms with Crippen molar-refractivity contribution in [3.05, 3.63) is 57.6 Å². The molecular weight excluding hydrogens is 299 g/mol. The molecule has 2 aromatic carbocycles. The van der Waals surface area contributed by atoms with Crippen LogP contribution >= 0.6 is 23.2 Å². The lowest BCUT2D eigenvalue weighted by Crippen LogP contribution is -2.16. The van der Waals surface area contributed by atoms with Gasteiger partial charge in [-0.1, -0.05) is 35.3 Å². The lowest BCUT2D eigenvalue weighted by Gasteiger charge is -2.21. The fourth-order valence-electron chi connectivity index (χ4n) is 2.11. The van der Waals surface area contributed by atoms with Crippen LogP contribution in [-0.4, -0.2) is 18.3 Å². The number of fused-ring (bicyclic) bond motifs is 1. The number of halogens is 2. The van der Waals surface area contributed by atoms with Gasteiger partial charge in [-0.25, -0.2) is 0 Å². The number of hydrogen-bond acceptors (Lipinski definition) is 3. The van der Waals surface area contributed by atoms with Crippen molar-refractivity contribution < 1.29 is 14.6 Å². The molecule has 0 aromatic heterocycles. The first kappa shape index (κ1) is 13.6. The van der Waals surface area contributed by atoms with Crippen molar-refractivity contribution in [3.63, 3.8) is 0 Å². The van der Waals surface area contributed by atoms with Gasteiger partial charge in [0, 0.05) is 16.7 Å². The van der Waals surface area contributed by atoms with Crippen molar-refractivity contribution >= 4 is 23.2 Å². The number of benzene rings is 2. The van der Waals surface area contributed by atoms with Gasteiger partial charge in [0.2, 0.25) is 0 Å². The minimum absolute atomic E-state index is 0.441. The Morgan fingerprint density at radius 2 is 1.55 bits per heavy atom. The van der Waals surface area contributed by atoms with Crippen molar-refractivity contribution in [1.29, 1.82) is 0 Å². The highest BCUT2D eigenvalue weighted by molar-refractivity contribution is 6.31. The van der Waals surface area contributed by atoms with E-state index in [2.05, 4.69) is 0 Å². The molecule has 1 aliphatic heterocycles. The molecule has 0 fully saturated rings. The van der Waals surface area contributed by atoms with Crippen LogP contribution in [0.2, 0.25) is 10.0 Å². The Hall–Kier alpha value is -1.42. The van der Waals surface area contributed by atoms with Crippen LogP contribution < -0.4 is 9.47 Å². The second-order valence-electron chi connectivity index (χ2n) is 4.47. The maximum absolute atomic E-state index is 10.4. The fraction of sp³-hybridized carbons (Fsp3) is 0.200. The molecule has 5 heteroatoms. The summed E-state index contributed by atoms with van der Waals surface area (Å²) in [6.45, 7) is 0.994. The summed E-state index contributed by atoms with van der Waals surface area (Å²) in [6.07, 6.45) is -0.837. The Balaban J connectivity index is 1.98. The standard InChI is InChI=1S/C15H12Cl2O3/c16-10-3-1-9(2-4-10)15(18)11-7-13-14(8-12(11)17)20-6-5-19-13/h1-4,7-8,15,18H,5-6H2. The van der Waals surface area contributed by atoms with Gasteiger partial charge >= 0.3 is 0 Å². The van der Waals surface area contributed by atoms with Gasteiger partial charge in [-0.3, -0.25) is 0 Å². The number of aliphatic hydroxyl groups excluding tert-OH is 1. The van der Waals surface area contributed by atoms with Crippen LogP contribution in [0, 0.1) is 0 Å². The third kappa shape index (κ3) is 2.57. The molecule has 0 saturated heterocycles. The zero-order valence-electron chi connectivity index (χ0n) is 10.5. The Labute approximate surface area is 126 Å². The molecular formula is C15H12Cl2O3. The SMILES string of the molecule is OC(c1ccc(Cl)cc1)c1cc2c(cc1Cl)OCCO2. The van der Waals surface area contributed by atoms with Crippen molar-refractivity contribution in [3.8, 4) is 11.5 Å². The van der Waals surface area contributed by atoms with Crippen LogP contribution in [0.1, 0.15) is 17.2 Å². The summed E-state index contributed by atoms with van der Waals surface area (Å²) < 4.78 is 11.0. The minimum atomic E-state index is -0.837. The molecule has 1 aliphatic rings. The van der Waals surface area contributed by atoms with Gasteiger partial charge in [-0.15, -0.1) is 0 Å². The largest absolute Gasteiger partial charge is 0.486 e. The first-order valence-electron chi connectivity index (χ1n) is 6.18. The number of hydrogen-bond donors (Lipinski definition) is 1. The highest BCUT2D eigenvalue weighted by Gasteiger charge is 2.20. The van der Waals surface area contributed by atoms with E-state index in [1.165, 1.54) is 0 Å². The van der Waals surface area contributed by atoms with E-state index < -0.39 is 6.10 Å². The van der Waals surface area contributed by atoms with Crippen molar-refractivity contribution in [2.75, 3.05) is 13.2 Å². The average molecular weight is 311 g/mol. The second kappa shape index (κ2) is 5.52. The molecule has 1 heterocycles. The molecule has 0 amide bonds. The maximum Gasteiger partial charge on any atom is 0.162 e. The van der Waals surface area contributed by atoms with Crippen LogP contribution in [0.25, 0.3) is 0 Å². The lowest BCUT2D eigenvalue weighted by molar-refractivity contribution is 0.169. The summed E-state index contributed by atoms with van der Waals surface area (Å²) in [5, 5.41) is 11.5. The molecule has 2 aromatic rings. The Bertz CT molecular complexity index is 626. The average Bonchev–Trinajstić information content (AvgIpc) is 2.46. The first-order valence-corrected chi connectivity index (χ1v) is 6.93. The van der Waals surface area contributed by atoms with Gasteiger partial charge in [-0.05, 0) is 23.8 Å². The van der Waals surface area contributed by atoms with E-state index in [1.54, 1.807) is 36.4 Å². The van der Waals surface area contributed by atoms with Crippen molar-refractivity contribution in [2.45, 2.75) is 6.10 Å². The molecule has 1 unspecified atom stereocenters. The van der Waals surface area contributed by atoms with E-state index in [0.717, 1.165) is 0 Å². The summed E-state index contributed by atoms with van der Waals surface area (Å²) in [5.41, 5.74) is 1.30. The topological polar surface area (TPSA) is 38.7 Å². The number of rotatable bonds is 2. The van der Waals surface area contributed by atoms with Crippen LogP contribution in [0.15, 0.2) is 36.4 Å². The number of ether oxygens (including phenoxy) is 2. The monoisotopic (exact) mass is 310 g/mol. The lowest BCUT2D eigenvalue weighted by atomic mass is 10.0. The van der Waals surface area contributed by atoms with Gasteiger partial charge < -0.3 is 14.6 Å². The minimum Gasteiger partial charge on any atom is -0.486 e. The fourth-order valence-corrected chi connectivity index (χ4v) is 2.50. The van der Waals surface area contributed by atoms with E-state index in [9.17, 15) is 5.11 Å². The van der Waals surface area contributed by atoms with Gasteiger partial charge in [0.25, 0.3) is 0 Å². The predicted molar refractivity (Wildman–Crippen MR) is 78.0 cm³/mol. The summed E-state index contributed by atoms with van der Waals surface area (Å²) >= 11 is 12.1. The molecule has 1 atom stereocenters. The van der Waals surface area contributed by atoms with Crippen molar-refractivity contribution in [2.24, 2.45) is 0 Å². The maximum atomic E-state index is 10.4. The van der Waals surface area contributed by atoms with E-state index in [1.807, 2.05) is 0 Å². The van der Waals surface area contributed by atoms with E-state index in [0.29, 0.717) is 45.9 Å². The molecule has 3 nitrogen and oxygen atoms in total. The van der Waals surface area contributed by atoms with Gasteiger partial charge in [0.15, 0.2) is 11.5 Å². The quantitative estimate of drug-likeness (QED) is 0.915. The summed E-state index contributed by atoms with van der Waals surface area (Å²) in [7, 11) is 0. The molecule has 104 valence electrons. The molecule has 0 aliphatic carbocycles.